The van der Waals surface area contributed by atoms with Gasteiger partial charge in [0.25, 0.3) is 0 Å². The zero-order valence-corrected chi connectivity index (χ0v) is 14.2. The van der Waals surface area contributed by atoms with Crippen molar-refractivity contribution in [1.29, 1.82) is 0 Å². The molecular formula is C21H27NO. The fraction of sp³-hybridized carbons (Fsp3) is 0.667. The number of carbonyl (C=O) groups excluding carboxylic acids is 1. The van der Waals surface area contributed by atoms with Gasteiger partial charge >= 0.3 is 0 Å². The van der Waals surface area contributed by atoms with E-state index >= 15 is 0 Å². The second kappa shape index (κ2) is 4.69. The quantitative estimate of drug-likeness (QED) is 0.831. The van der Waals surface area contributed by atoms with Gasteiger partial charge in [-0.2, -0.15) is 0 Å². The molecule has 0 spiro atoms. The molecule has 2 saturated carbocycles. The summed E-state index contributed by atoms with van der Waals surface area (Å²) in [6.07, 6.45) is 8.01. The number of Topliss-reactive ketones (excluding diaryl/α,β-unsaturated/α-hetero) is 1. The van der Waals surface area contributed by atoms with Crippen LogP contribution in [0.15, 0.2) is 18.2 Å². The van der Waals surface area contributed by atoms with Gasteiger partial charge in [-0.05, 0) is 68.0 Å². The molecule has 0 radical (unpaired) electrons. The number of rotatable bonds is 2. The summed E-state index contributed by atoms with van der Waals surface area (Å²) in [5, 5.41) is 0. The average Bonchev–Trinajstić information content (AvgIpc) is 3.29. The molecule has 5 rings (SSSR count). The molecule has 1 aromatic rings. The highest BCUT2D eigenvalue weighted by Crippen LogP contribution is 2.62. The second-order valence-electron chi connectivity index (χ2n) is 8.84. The highest BCUT2D eigenvalue weighted by atomic mass is 16.1. The maximum absolute atomic E-state index is 12.4. The fourth-order valence-corrected chi connectivity index (χ4v) is 5.98. The Bertz CT molecular complexity index is 676. The Hall–Kier alpha value is -1.15. The summed E-state index contributed by atoms with van der Waals surface area (Å²) in [5.74, 6) is 1.47. The van der Waals surface area contributed by atoms with Crippen LogP contribution >= 0.6 is 0 Å². The Balaban J connectivity index is 1.57. The average molecular weight is 309 g/mol. The zero-order chi connectivity index (χ0) is 15.7. The van der Waals surface area contributed by atoms with Crippen LogP contribution in [0, 0.1) is 18.3 Å². The van der Waals surface area contributed by atoms with Crippen LogP contribution in [-0.2, 0) is 16.6 Å². The zero-order valence-electron chi connectivity index (χ0n) is 14.2. The summed E-state index contributed by atoms with van der Waals surface area (Å²) >= 11 is 0. The van der Waals surface area contributed by atoms with Crippen molar-refractivity contribution in [3.8, 4) is 0 Å². The first-order chi connectivity index (χ1) is 11.1. The Labute approximate surface area is 139 Å². The van der Waals surface area contributed by atoms with Crippen LogP contribution in [0.1, 0.15) is 55.2 Å². The first-order valence-corrected chi connectivity index (χ1v) is 9.44. The maximum Gasteiger partial charge on any atom is 0.133 e. The molecule has 0 bridgehead atoms. The molecule has 3 fully saturated rings. The van der Waals surface area contributed by atoms with Crippen molar-refractivity contribution in [2.24, 2.45) is 11.3 Å². The van der Waals surface area contributed by atoms with Crippen LogP contribution in [0.5, 0.6) is 0 Å². The standard InChI is InChI=1S/C21H27NO/c1-15-2-5-17-11-20-7-6-18(23)12-21(20,19(17)10-15)8-9-22(14-20)13-16-3-4-16/h2,5,10,16H,3-4,6-9,11-14H2,1H3/t20-,21+/m0/s1. The van der Waals surface area contributed by atoms with E-state index in [1.807, 2.05) is 0 Å². The minimum Gasteiger partial charge on any atom is -0.302 e. The molecule has 2 atom stereocenters. The molecule has 2 heteroatoms. The molecule has 1 saturated heterocycles. The number of hydrogen-bond acceptors (Lipinski definition) is 2. The summed E-state index contributed by atoms with van der Waals surface area (Å²) in [4.78, 5) is 15.1. The van der Waals surface area contributed by atoms with E-state index in [-0.39, 0.29) is 5.41 Å². The lowest BCUT2D eigenvalue weighted by atomic mass is 9.53. The van der Waals surface area contributed by atoms with E-state index in [0.717, 1.165) is 25.2 Å². The van der Waals surface area contributed by atoms with E-state index in [2.05, 4.69) is 30.0 Å². The van der Waals surface area contributed by atoms with Crippen LogP contribution in [0.4, 0.5) is 0 Å². The van der Waals surface area contributed by atoms with E-state index in [4.69, 9.17) is 0 Å². The number of piperidine rings is 1. The minimum absolute atomic E-state index is 0.156. The van der Waals surface area contributed by atoms with E-state index in [9.17, 15) is 4.79 Å². The second-order valence-corrected chi connectivity index (χ2v) is 8.84. The normalized spacial score (nSPS) is 36.5. The third kappa shape index (κ3) is 2.00. The molecule has 0 unspecified atom stereocenters. The van der Waals surface area contributed by atoms with Gasteiger partial charge in [0, 0.05) is 31.3 Å². The third-order valence-corrected chi connectivity index (χ3v) is 7.30. The van der Waals surface area contributed by atoms with Crippen LogP contribution in [0.3, 0.4) is 0 Å². The molecule has 0 N–H and O–H groups in total. The van der Waals surface area contributed by atoms with Crippen LogP contribution in [0.25, 0.3) is 0 Å². The largest absolute Gasteiger partial charge is 0.302 e. The van der Waals surface area contributed by atoms with Crippen molar-refractivity contribution in [3.63, 3.8) is 0 Å². The summed E-state index contributed by atoms with van der Waals surface area (Å²) in [6.45, 7) is 5.92. The van der Waals surface area contributed by atoms with Gasteiger partial charge in [-0.25, -0.2) is 0 Å². The molecule has 1 heterocycles. The molecule has 122 valence electrons. The van der Waals surface area contributed by atoms with Gasteiger partial charge in [0.2, 0.25) is 0 Å². The Morgan fingerprint density at radius 1 is 1.22 bits per heavy atom. The van der Waals surface area contributed by atoms with E-state index in [1.54, 1.807) is 5.56 Å². The highest BCUT2D eigenvalue weighted by molar-refractivity contribution is 5.82. The number of carbonyl (C=O) groups is 1. The molecule has 0 aromatic heterocycles. The summed E-state index contributed by atoms with van der Waals surface area (Å²) in [5.41, 5.74) is 4.93. The predicted molar refractivity (Wildman–Crippen MR) is 91.6 cm³/mol. The summed E-state index contributed by atoms with van der Waals surface area (Å²) in [6, 6.07) is 7.03. The number of hydrogen-bond donors (Lipinski definition) is 0. The Morgan fingerprint density at radius 3 is 2.91 bits per heavy atom. The molecular weight excluding hydrogens is 282 g/mol. The Kier molecular flexibility index (Phi) is 2.90. The maximum atomic E-state index is 12.4. The third-order valence-electron chi connectivity index (χ3n) is 7.30. The molecule has 23 heavy (non-hydrogen) atoms. The summed E-state index contributed by atoms with van der Waals surface area (Å²) < 4.78 is 0. The van der Waals surface area contributed by atoms with Gasteiger partial charge in [0.15, 0.2) is 0 Å². The lowest BCUT2D eigenvalue weighted by Gasteiger charge is -2.56. The smallest absolute Gasteiger partial charge is 0.133 e. The van der Waals surface area contributed by atoms with Gasteiger partial charge in [-0.1, -0.05) is 23.8 Å². The van der Waals surface area contributed by atoms with Gasteiger partial charge in [0.1, 0.15) is 5.78 Å². The van der Waals surface area contributed by atoms with E-state index < -0.39 is 0 Å². The van der Waals surface area contributed by atoms with Crippen molar-refractivity contribution in [2.45, 2.75) is 57.3 Å². The number of aryl methyl sites for hydroxylation is 1. The number of ketones is 1. The van der Waals surface area contributed by atoms with Crippen LogP contribution < -0.4 is 0 Å². The minimum atomic E-state index is 0.156. The molecule has 3 aliphatic carbocycles. The first kappa shape index (κ1) is 14.2. The van der Waals surface area contributed by atoms with Gasteiger partial charge in [-0.3, -0.25) is 4.79 Å². The fourth-order valence-electron chi connectivity index (χ4n) is 5.98. The van der Waals surface area contributed by atoms with Crippen LogP contribution in [0.2, 0.25) is 0 Å². The summed E-state index contributed by atoms with van der Waals surface area (Å²) in [7, 11) is 0. The van der Waals surface area contributed by atoms with Crippen LogP contribution in [-0.4, -0.2) is 30.3 Å². The monoisotopic (exact) mass is 309 g/mol. The molecule has 1 aromatic carbocycles. The van der Waals surface area contributed by atoms with E-state index in [0.29, 0.717) is 11.2 Å². The highest BCUT2D eigenvalue weighted by Gasteiger charge is 2.61. The van der Waals surface area contributed by atoms with Crippen molar-refractivity contribution < 1.29 is 4.79 Å². The first-order valence-electron chi connectivity index (χ1n) is 9.44. The number of nitrogens with zero attached hydrogens (tertiary/aromatic N) is 1. The van der Waals surface area contributed by atoms with Gasteiger partial charge < -0.3 is 4.90 Å². The molecule has 4 aliphatic rings. The van der Waals surface area contributed by atoms with Gasteiger partial charge in [-0.15, -0.1) is 0 Å². The topological polar surface area (TPSA) is 20.3 Å². The molecule has 0 amide bonds. The van der Waals surface area contributed by atoms with Crippen molar-refractivity contribution in [2.75, 3.05) is 19.6 Å². The molecule has 2 nitrogen and oxygen atoms in total. The lowest BCUT2D eigenvalue weighted by Crippen LogP contribution is -2.59. The van der Waals surface area contributed by atoms with Crippen molar-refractivity contribution >= 4 is 5.78 Å². The number of fused-ring (bicyclic) bond motifs is 1. The predicted octanol–water partition coefficient (Wildman–Crippen LogP) is 3.64. The van der Waals surface area contributed by atoms with Crippen molar-refractivity contribution in [3.05, 3.63) is 34.9 Å². The lowest BCUT2D eigenvalue weighted by molar-refractivity contribution is -0.129. The SMILES string of the molecule is Cc1ccc2c(c1)[C@]13CCN(CC4CC4)C[C@]1(CCC(=O)C3)C2. The van der Waals surface area contributed by atoms with Crippen molar-refractivity contribution in [1.82, 2.24) is 4.90 Å². The number of likely N-dealkylation sites (tertiary alicyclic amines) is 1. The molecule has 1 aliphatic heterocycles. The van der Waals surface area contributed by atoms with Gasteiger partial charge in [0.05, 0.1) is 0 Å². The van der Waals surface area contributed by atoms with E-state index in [1.165, 1.54) is 56.4 Å². The number of benzene rings is 1. The Morgan fingerprint density at radius 2 is 2.09 bits per heavy atom.